The highest BCUT2D eigenvalue weighted by atomic mass is 79.9. The maximum atomic E-state index is 4.36. The molecule has 0 aromatic carbocycles. The summed E-state index contributed by atoms with van der Waals surface area (Å²) in [6.07, 6.45) is 7.86. The fourth-order valence-corrected chi connectivity index (χ4v) is 3.50. The number of piperidine rings is 1. The third-order valence-corrected chi connectivity index (χ3v) is 4.22. The Morgan fingerprint density at radius 3 is 3.22 bits per heavy atom. The first-order valence-corrected chi connectivity index (χ1v) is 7.73. The lowest BCUT2D eigenvalue weighted by Crippen LogP contribution is -2.36. The first-order chi connectivity index (χ1) is 8.88. The van der Waals surface area contributed by atoms with E-state index >= 15 is 0 Å². The van der Waals surface area contributed by atoms with Crippen LogP contribution in [0.15, 0.2) is 30.6 Å². The number of anilines is 1. The Balaban J connectivity index is 1.87. The highest BCUT2D eigenvalue weighted by molar-refractivity contribution is 9.09. The molecule has 18 heavy (non-hydrogen) atoms. The van der Waals surface area contributed by atoms with E-state index in [1.807, 2.05) is 6.20 Å². The summed E-state index contributed by atoms with van der Waals surface area (Å²) in [5, 5.41) is 1.11. The molecule has 1 fully saturated rings. The number of hydrogen-bond donors (Lipinski definition) is 0. The Morgan fingerprint density at radius 2 is 2.33 bits per heavy atom. The van der Waals surface area contributed by atoms with Crippen molar-refractivity contribution in [3.05, 3.63) is 30.6 Å². The number of fused-ring (bicyclic) bond motifs is 1. The van der Waals surface area contributed by atoms with E-state index in [0.29, 0.717) is 0 Å². The standard InChI is InChI=1S/C14H18BrN3/c15-7-6-12-3-2-9-17(11-12)14-5-1-4-13-16-8-10-18(13)14/h1,4-5,8,10,12H,2-3,6-7,9,11H2. The molecule has 4 heteroatoms. The zero-order chi connectivity index (χ0) is 12.4. The fraction of sp³-hybridized carbons (Fsp3) is 0.500. The largest absolute Gasteiger partial charge is 0.357 e. The van der Waals surface area contributed by atoms with Crippen molar-refractivity contribution in [3.8, 4) is 0 Å². The average Bonchev–Trinajstić information content (AvgIpc) is 2.87. The van der Waals surface area contributed by atoms with E-state index in [9.17, 15) is 0 Å². The number of imidazole rings is 1. The minimum absolute atomic E-state index is 0.817. The van der Waals surface area contributed by atoms with Crippen molar-refractivity contribution in [3.63, 3.8) is 0 Å². The van der Waals surface area contributed by atoms with Crippen LogP contribution in [0.1, 0.15) is 19.3 Å². The van der Waals surface area contributed by atoms with Crippen LogP contribution in [-0.4, -0.2) is 27.8 Å². The fourth-order valence-electron chi connectivity index (χ4n) is 2.85. The average molecular weight is 308 g/mol. The van der Waals surface area contributed by atoms with Gasteiger partial charge < -0.3 is 4.90 Å². The van der Waals surface area contributed by atoms with Crippen molar-refractivity contribution < 1.29 is 0 Å². The lowest BCUT2D eigenvalue weighted by atomic mass is 9.96. The quantitative estimate of drug-likeness (QED) is 0.811. The molecule has 0 spiro atoms. The van der Waals surface area contributed by atoms with Crippen molar-refractivity contribution in [2.45, 2.75) is 19.3 Å². The first kappa shape index (κ1) is 12.0. The maximum absolute atomic E-state index is 4.36. The molecule has 0 aliphatic carbocycles. The number of nitrogens with zero attached hydrogens (tertiary/aromatic N) is 3. The van der Waals surface area contributed by atoms with Gasteiger partial charge in [0, 0.05) is 30.8 Å². The molecule has 2 aromatic heterocycles. The van der Waals surface area contributed by atoms with Gasteiger partial charge in [-0.15, -0.1) is 0 Å². The molecule has 0 N–H and O–H groups in total. The van der Waals surface area contributed by atoms with Crippen LogP contribution in [0, 0.1) is 5.92 Å². The second kappa shape index (κ2) is 5.31. The van der Waals surface area contributed by atoms with E-state index in [0.717, 1.165) is 23.4 Å². The molecule has 1 saturated heterocycles. The van der Waals surface area contributed by atoms with Crippen LogP contribution >= 0.6 is 15.9 Å². The van der Waals surface area contributed by atoms with Crippen LogP contribution in [-0.2, 0) is 0 Å². The van der Waals surface area contributed by atoms with Gasteiger partial charge in [0.1, 0.15) is 11.5 Å². The monoisotopic (exact) mass is 307 g/mol. The maximum Gasteiger partial charge on any atom is 0.138 e. The zero-order valence-electron chi connectivity index (χ0n) is 10.4. The number of rotatable bonds is 3. The Labute approximate surface area is 116 Å². The van der Waals surface area contributed by atoms with Crippen molar-refractivity contribution in [2.75, 3.05) is 23.3 Å². The van der Waals surface area contributed by atoms with E-state index in [1.54, 1.807) is 0 Å². The van der Waals surface area contributed by atoms with Gasteiger partial charge in [0.05, 0.1) is 0 Å². The summed E-state index contributed by atoms with van der Waals surface area (Å²) in [6, 6.07) is 6.36. The summed E-state index contributed by atoms with van der Waals surface area (Å²) in [5.41, 5.74) is 1.04. The molecule has 0 radical (unpaired) electrons. The summed E-state index contributed by atoms with van der Waals surface area (Å²) in [7, 11) is 0. The lowest BCUT2D eigenvalue weighted by Gasteiger charge is -2.34. The SMILES string of the molecule is BrCCC1CCCN(c2cccc3nccn23)C1. The molecule has 0 saturated carbocycles. The van der Waals surface area contributed by atoms with Crippen LogP contribution in [0.2, 0.25) is 0 Å². The van der Waals surface area contributed by atoms with Gasteiger partial charge in [-0.1, -0.05) is 22.0 Å². The van der Waals surface area contributed by atoms with Gasteiger partial charge in [0.15, 0.2) is 0 Å². The Kier molecular flexibility index (Phi) is 3.55. The van der Waals surface area contributed by atoms with Crippen LogP contribution in [0.5, 0.6) is 0 Å². The van der Waals surface area contributed by atoms with Crippen LogP contribution in [0.25, 0.3) is 5.65 Å². The molecular formula is C14H18BrN3. The second-order valence-corrected chi connectivity index (χ2v) is 5.76. The number of hydrogen-bond acceptors (Lipinski definition) is 2. The topological polar surface area (TPSA) is 20.5 Å². The molecule has 1 atom stereocenters. The normalized spacial score (nSPS) is 20.5. The molecular weight excluding hydrogens is 290 g/mol. The van der Waals surface area contributed by atoms with Gasteiger partial charge in [0.25, 0.3) is 0 Å². The van der Waals surface area contributed by atoms with Gasteiger partial charge in [-0.05, 0) is 37.3 Å². The smallest absolute Gasteiger partial charge is 0.138 e. The summed E-state index contributed by atoms with van der Waals surface area (Å²) in [6.45, 7) is 2.33. The van der Waals surface area contributed by atoms with Crippen molar-refractivity contribution in [1.29, 1.82) is 0 Å². The van der Waals surface area contributed by atoms with Gasteiger partial charge in [-0.3, -0.25) is 4.40 Å². The summed E-state index contributed by atoms with van der Waals surface area (Å²) in [5.74, 6) is 2.10. The van der Waals surface area contributed by atoms with Gasteiger partial charge in [0.2, 0.25) is 0 Å². The molecule has 1 aliphatic heterocycles. The number of pyridine rings is 1. The Bertz CT molecular complexity index is 520. The van der Waals surface area contributed by atoms with E-state index in [1.165, 1.54) is 31.6 Å². The molecule has 96 valence electrons. The second-order valence-electron chi connectivity index (χ2n) is 4.97. The first-order valence-electron chi connectivity index (χ1n) is 6.61. The summed E-state index contributed by atoms with van der Waals surface area (Å²) >= 11 is 3.56. The number of aromatic nitrogens is 2. The van der Waals surface area contributed by atoms with E-state index in [-0.39, 0.29) is 0 Å². The van der Waals surface area contributed by atoms with E-state index < -0.39 is 0 Å². The predicted octanol–water partition coefficient (Wildman–Crippen LogP) is 3.34. The van der Waals surface area contributed by atoms with E-state index in [4.69, 9.17) is 0 Å². The number of halogens is 1. The summed E-state index contributed by atoms with van der Waals surface area (Å²) in [4.78, 5) is 6.86. The van der Waals surface area contributed by atoms with Crippen molar-refractivity contribution in [2.24, 2.45) is 5.92 Å². The molecule has 1 aliphatic rings. The molecule has 3 nitrogen and oxygen atoms in total. The van der Waals surface area contributed by atoms with Crippen LogP contribution < -0.4 is 4.90 Å². The lowest BCUT2D eigenvalue weighted by molar-refractivity contribution is 0.405. The Hall–Kier alpha value is -1.03. The molecule has 0 amide bonds. The predicted molar refractivity (Wildman–Crippen MR) is 78.5 cm³/mol. The third kappa shape index (κ3) is 2.26. The van der Waals surface area contributed by atoms with Gasteiger partial charge in [-0.2, -0.15) is 0 Å². The minimum atomic E-state index is 0.817. The molecule has 0 bridgehead atoms. The van der Waals surface area contributed by atoms with Gasteiger partial charge in [-0.25, -0.2) is 4.98 Å². The van der Waals surface area contributed by atoms with E-state index in [2.05, 4.69) is 54.6 Å². The molecule has 2 aromatic rings. The van der Waals surface area contributed by atoms with Gasteiger partial charge >= 0.3 is 0 Å². The zero-order valence-corrected chi connectivity index (χ0v) is 12.0. The molecule has 1 unspecified atom stereocenters. The Morgan fingerprint density at radius 1 is 1.39 bits per heavy atom. The van der Waals surface area contributed by atoms with Crippen LogP contribution in [0.4, 0.5) is 5.82 Å². The number of alkyl halides is 1. The highest BCUT2D eigenvalue weighted by Gasteiger charge is 2.20. The molecule has 3 heterocycles. The van der Waals surface area contributed by atoms with Crippen LogP contribution in [0.3, 0.4) is 0 Å². The van der Waals surface area contributed by atoms with Crippen molar-refractivity contribution in [1.82, 2.24) is 9.38 Å². The van der Waals surface area contributed by atoms with Crippen molar-refractivity contribution >= 4 is 27.4 Å². The molecule has 3 rings (SSSR count). The third-order valence-electron chi connectivity index (χ3n) is 3.77. The highest BCUT2D eigenvalue weighted by Crippen LogP contribution is 2.25. The summed E-state index contributed by atoms with van der Waals surface area (Å²) < 4.78 is 2.19. The minimum Gasteiger partial charge on any atom is -0.357 e.